The van der Waals surface area contributed by atoms with Gasteiger partial charge in [-0.25, -0.2) is 0 Å². The van der Waals surface area contributed by atoms with Crippen molar-refractivity contribution in [3.63, 3.8) is 0 Å². The molecule has 2 rings (SSSR count). The number of rotatable bonds is 4. The minimum absolute atomic E-state index is 0.333. The Morgan fingerprint density at radius 3 is 2.65 bits per heavy atom. The van der Waals surface area contributed by atoms with Crippen LogP contribution in [-0.2, 0) is 0 Å². The number of hydrogen-bond donors (Lipinski definition) is 1. The van der Waals surface area contributed by atoms with Crippen LogP contribution in [0.1, 0.15) is 58.6 Å². The average molecular weight is 275 g/mol. The minimum atomic E-state index is 0.333. The highest BCUT2D eigenvalue weighted by Gasteiger charge is 2.33. The van der Waals surface area contributed by atoms with Crippen LogP contribution < -0.4 is 10.1 Å². The fraction of sp³-hybridized carbons (Fsp3) is 0.667. The summed E-state index contributed by atoms with van der Waals surface area (Å²) in [6, 6.07) is 9.27. The minimum Gasteiger partial charge on any atom is -0.496 e. The van der Waals surface area contributed by atoms with Crippen LogP contribution in [0.4, 0.5) is 0 Å². The molecule has 3 atom stereocenters. The van der Waals surface area contributed by atoms with E-state index >= 15 is 0 Å². The molecular weight excluding hydrogens is 246 g/mol. The standard InChI is InChI=1S/C18H29NO/c1-13-12-18(3,4)11-10-16(13)19-14(2)15-8-6-7-9-17(15)20-5/h6-9,13-14,16,19H,10-12H2,1-5H3/t13?,14-,16?/m0/s1. The predicted octanol–water partition coefficient (Wildman–Crippen LogP) is 4.56. The van der Waals surface area contributed by atoms with E-state index in [-0.39, 0.29) is 0 Å². The van der Waals surface area contributed by atoms with Crippen molar-refractivity contribution in [1.82, 2.24) is 5.32 Å². The summed E-state index contributed by atoms with van der Waals surface area (Å²) >= 11 is 0. The van der Waals surface area contributed by atoms with E-state index < -0.39 is 0 Å². The summed E-state index contributed by atoms with van der Waals surface area (Å²) in [6.45, 7) is 9.41. The second-order valence-corrected chi connectivity index (χ2v) is 7.12. The number of hydrogen-bond acceptors (Lipinski definition) is 2. The predicted molar refractivity (Wildman–Crippen MR) is 85.1 cm³/mol. The summed E-state index contributed by atoms with van der Waals surface area (Å²) in [5.74, 6) is 1.71. The van der Waals surface area contributed by atoms with E-state index in [1.54, 1.807) is 7.11 Å². The van der Waals surface area contributed by atoms with Gasteiger partial charge >= 0.3 is 0 Å². The molecule has 2 nitrogen and oxygen atoms in total. The molecule has 1 N–H and O–H groups in total. The van der Waals surface area contributed by atoms with E-state index in [9.17, 15) is 0 Å². The highest BCUT2D eigenvalue weighted by atomic mass is 16.5. The molecule has 2 heteroatoms. The maximum Gasteiger partial charge on any atom is 0.123 e. The second-order valence-electron chi connectivity index (χ2n) is 7.12. The smallest absolute Gasteiger partial charge is 0.123 e. The first-order valence-corrected chi connectivity index (χ1v) is 7.82. The lowest BCUT2D eigenvalue weighted by Gasteiger charge is -2.41. The molecule has 0 saturated heterocycles. The van der Waals surface area contributed by atoms with Crippen molar-refractivity contribution in [3.8, 4) is 5.75 Å². The lowest BCUT2D eigenvalue weighted by atomic mass is 9.70. The van der Waals surface area contributed by atoms with Crippen molar-refractivity contribution in [2.45, 2.75) is 59.0 Å². The first kappa shape index (κ1) is 15.4. The molecule has 1 aromatic carbocycles. The van der Waals surface area contributed by atoms with Crippen molar-refractivity contribution >= 4 is 0 Å². The third-order valence-electron chi connectivity index (χ3n) is 4.76. The van der Waals surface area contributed by atoms with Crippen LogP contribution in [0.2, 0.25) is 0 Å². The molecule has 1 aliphatic rings. The number of ether oxygens (including phenoxy) is 1. The van der Waals surface area contributed by atoms with Gasteiger partial charge in [0.1, 0.15) is 5.75 Å². The van der Waals surface area contributed by atoms with Gasteiger partial charge in [-0.05, 0) is 43.6 Å². The van der Waals surface area contributed by atoms with Gasteiger partial charge in [-0.3, -0.25) is 0 Å². The van der Waals surface area contributed by atoms with E-state index in [2.05, 4.69) is 45.1 Å². The highest BCUT2D eigenvalue weighted by molar-refractivity contribution is 5.35. The highest BCUT2D eigenvalue weighted by Crippen LogP contribution is 2.39. The molecule has 2 unspecified atom stereocenters. The maximum absolute atomic E-state index is 5.48. The first-order chi connectivity index (χ1) is 9.43. The van der Waals surface area contributed by atoms with Crippen molar-refractivity contribution in [2.24, 2.45) is 11.3 Å². The Kier molecular flexibility index (Phi) is 4.74. The molecule has 1 fully saturated rings. The molecule has 1 saturated carbocycles. The van der Waals surface area contributed by atoms with Gasteiger partial charge in [0.2, 0.25) is 0 Å². The van der Waals surface area contributed by atoms with Gasteiger partial charge in [-0.15, -0.1) is 0 Å². The molecule has 0 aromatic heterocycles. The van der Waals surface area contributed by atoms with Crippen LogP contribution in [0.25, 0.3) is 0 Å². The van der Waals surface area contributed by atoms with Gasteiger partial charge in [0, 0.05) is 17.6 Å². The van der Waals surface area contributed by atoms with Crippen molar-refractivity contribution in [3.05, 3.63) is 29.8 Å². The number of benzene rings is 1. The van der Waals surface area contributed by atoms with Crippen LogP contribution in [0.3, 0.4) is 0 Å². The molecule has 0 spiro atoms. The summed E-state index contributed by atoms with van der Waals surface area (Å²) in [6.07, 6.45) is 3.89. The Labute approximate surface area is 123 Å². The second kappa shape index (κ2) is 6.17. The molecule has 0 bridgehead atoms. The summed E-state index contributed by atoms with van der Waals surface area (Å²) in [5.41, 5.74) is 1.76. The lowest BCUT2D eigenvalue weighted by molar-refractivity contribution is 0.142. The SMILES string of the molecule is COc1ccccc1[C@H](C)NC1CCC(C)(C)CC1C. The molecule has 1 aliphatic carbocycles. The third-order valence-corrected chi connectivity index (χ3v) is 4.76. The number of nitrogens with one attached hydrogen (secondary N) is 1. The molecule has 1 aromatic rings. The van der Waals surface area contributed by atoms with Gasteiger partial charge in [0.25, 0.3) is 0 Å². The molecule has 0 radical (unpaired) electrons. The van der Waals surface area contributed by atoms with Gasteiger partial charge in [-0.1, -0.05) is 39.0 Å². The summed E-state index contributed by atoms with van der Waals surface area (Å²) in [5, 5.41) is 3.82. The Bertz CT molecular complexity index is 441. The molecule has 0 aliphatic heterocycles. The van der Waals surface area contributed by atoms with Crippen LogP contribution >= 0.6 is 0 Å². The molecule has 112 valence electrons. The largest absolute Gasteiger partial charge is 0.496 e. The van der Waals surface area contributed by atoms with Crippen molar-refractivity contribution in [2.75, 3.05) is 7.11 Å². The number of methoxy groups -OCH3 is 1. The van der Waals surface area contributed by atoms with Crippen LogP contribution in [0.5, 0.6) is 5.75 Å². The van der Waals surface area contributed by atoms with E-state index in [0.29, 0.717) is 17.5 Å². The lowest BCUT2D eigenvalue weighted by Crippen LogP contribution is -2.42. The van der Waals surface area contributed by atoms with Gasteiger partial charge in [-0.2, -0.15) is 0 Å². The van der Waals surface area contributed by atoms with Crippen LogP contribution in [-0.4, -0.2) is 13.2 Å². The quantitative estimate of drug-likeness (QED) is 0.869. The van der Waals surface area contributed by atoms with Gasteiger partial charge in [0.15, 0.2) is 0 Å². The summed E-state index contributed by atoms with van der Waals surface area (Å²) in [7, 11) is 1.75. The van der Waals surface area contributed by atoms with E-state index in [1.165, 1.54) is 24.8 Å². The Morgan fingerprint density at radius 1 is 1.30 bits per heavy atom. The third kappa shape index (κ3) is 3.54. The maximum atomic E-state index is 5.48. The van der Waals surface area contributed by atoms with Crippen LogP contribution in [0, 0.1) is 11.3 Å². The van der Waals surface area contributed by atoms with Crippen molar-refractivity contribution < 1.29 is 4.74 Å². The Balaban J connectivity index is 2.03. The Morgan fingerprint density at radius 2 is 2.00 bits per heavy atom. The summed E-state index contributed by atoms with van der Waals surface area (Å²) < 4.78 is 5.48. The Hall–Kier alpha value is -1.02. The van der Waals surface area contributed by atoms with E-state index in [4.69, 9.17) is 4.74 Å². The molecule has 0 heterocycles. The molecule has 20 heavy (non-hydrogen) atoms. The molecule has 0 amide bonds. The first-order valence-electron chi connectivity index (χ1n) is 7.82. The zero-order valence-corrected chi connectivity index (χ0v) is 13.6. The molecular formula is C18H29NO. The normalized spacial score (nSPS) is 27.1. The zero-order chi connectivity index (χ0) is 14.8. The van der Waals surface area contributed by atoms with Crippen LogP contribution in [0.15, 0.2) is 24.3 Å². The van der Waals surface area contributed by atoms with Gasteiger partial charge in [0.05, 0.1) is 7.11 Å². The fourth-order valence-electron chi connectivity index (χ4n) is 3.63. The fourth-order valence-corrected chi connectivity index (χ4v) is 3.63. The van der Waals surface area contributed by atoms with E-state index in [0.717, 1.165) is 11.7 Å². The number of para-hydroxylation sites is 1. The zero-order valence-electron chi connectivity index (χ0n) is 13.6. The van der Waals surface area contributed by atoms with Crippen molar-refractivity contribution in [1.29, 1.82) is 0 Å². The topological polar surface area (TPSA) is 21.3 Å². The summed E-state index contributed by atoms with van der Waals surface area (Å²) in [4.78, 5) is 0. The monoisotopic (exact) mass is 275 g/mol. The van der Waals surface area contributed by atoms with E-state index in [1.807, 2.05) is 12.1 Å². The van der Waals surface area contributed by atoms with Gasteiger partial charge < -0.3 is 10.1 Å². The average Bonchev–Trinajstić information content (AvgIpc) is 2.41.